The van der Waals surface area contributed by atoms with Gasteiger partial charge in [-0.3, -0.25) is 9.69 Å². The van der Waals surface area contributed by atoms with E-state index in [-0.39, 0.29) is 31.1 Å². The predicted octanol–water partition coefficient (Wildman–Crippen LogP) is 1.30. The lowest BCUT2D eigenvalue weighted by molar-refractivity contribution is -0.125. The van der Waals surface area contributed by atoms with Crippen molar-refractivity contribution < 1.29 is 19.1 Å². The summed E-state index contributed by atoms with van der Waals surface area (Å²) in [7, 11) is 0. The average molecular weight is 276 g/mol. The molecule has 2 rings (SSSR count). The molecule has 0 radical (unpaired) electrons. The van der Waals surface area contributed by atoms with Crippen molar-refractivity contribution in [1.82, 2.24) is 10.2 Å². The summed E-state index contributed by atoms with van der Waals surface area (Å²) in [6.07, 6.45) is -0.173. The average Bonchev–Trinajstić information content (AvgIpc) is 2.70. The first-order chi connectivity index (χ1) is 9.47. The highest BCUT2D eigenvalue weighted by atomic mass is 16.5. The van der Waals surface area contributed by atoms with Crippen LogP contribution >= 0.6 is 0 Å². The first-order valence-corrected chi connectivity index (χ1v) is 6.35. The number of benzene rings is 1. The van der Waals surface area contributed by atoms with E-state index in [2.05, 4.69) is 5.32 Å². The largest absolute Gasteiger partial charge is 0.459 e. The van der Waals surface area contributed by atoms with E-state index in [9.17, 15) is 14.4 Å². The lowest BCUT2D eigenvalue weighted by Crippen LogP contribution is -2.30. The molecule has 1 N–H and O–H groups in total. The number of rotatable bonds is 4. The minimum absolute atomic E-state index is 0.0393. The molecule has 0 spiro atoms. The summed E-state index contributed by atoms with van der Waals surface area (Å²) in [5, 5.41) is 2.45. The Morgan fingerprint density at radius 1 is 1.30 bits per heavy atom. The van der Waals surface area contributed by atoms with Crippen LogP contribution < -0.4 is 5.32 Å². The van der Waals surface area contributed by atoms with Crippen molar-refractivity contribution in [3.63, 3.8) is 0 Å². The third-order valence-electron chi connectivity index (χ3n) is 2.81. The van der Waals surface area contributed by atoms with Crippen LogP contribution in [0.15, 0.2) is 24.3 Å². The molecule has 6 heteroatoms. The number of hydrogen-bond acceptors (Lipinski definition) is 4. The number of ether oxygens (including phenoxy) is 1. The van der Waals surface area contributed by atoms with Crippen molar-refractivity contribution in [1.29, 1.82) is 0 Å². The van der Waals surface area contributed by atoms with Crippen LogP contribution in [0.4, 0.5) is 4.79 Å². The Morgan fingerprint density at radius 2 is 1.95 bits per heavy atom. The molecule has 0 atom stereocenters. The maximum Gasteiger partial charge on any atom is 0.338 e. The minimum Gasteiger partial charge on any atom is -0.459 e. The first-order valence-electron chi connectivity index (χ1n) is 6.35. The summed E-state index contributed by atoms with van der Waals surface area (Å²) >= 11 is 0. The molecular formula is C14H16N2O4. The molecule has 0 unspecified atom stereocenters. The van der Waals surface area contributed by atoms with E-state index in [1.807, 2.05) is 0 Å². The van der Waals surface area contributed by atoms with Crippen LogP contribution in [0.25, 0.3) is 0 Å². The molecule has 1 saturated heterocycles. The number of imide groups is 1. The zero-order valence-corrected chi connectivity index (χ0v) is 11.4. The van der Waals surface area contributed by atoms with Gasteiger partial charge in [0.25, 0.3) is 0 Å². The Labute approximate surface area is 116 Å². The number of carbonyl (C=O) groups excluding carboxylic acids is 3. The molecule has 106 valence electrons. The molecule has 1 fully saturated rings. The van der Waals surface area contributed by atoms with Crippen LogP contribution in [-0.4, -0.2) is 35.5 Å². The molecule has 1 heterocycles. The van der Waals surface area contributed by atoms with Gasteiger partial charge >= 0.3 is 12.0 Å². The Balaban J connectivity index is 2.03. The Morgan fingerprint density at radius 3 is 2.45 bits per heavy atom. The fourth-order valence-electron chi connectivity index (χ4n) is 1.83. The van der Waals surface area contributed by atoms with Gasteiger partial charge in [0.15, 0.2) is 0 Å². The third kappa shape index (κ3) is 3.14. The zero-order chi connectivity index (χ0) is 14.7. The van der Waals surface area contributed by atoms with Crippen LogP contribution in [0.5, 0.6) is 0 Å². The van der Waals surface area contributed by atoms with Gasteiger partial charge in [-0.05, 0) is 31.5 Å². The van der Waals surface area contributed by atoms with Crippen LogP contribution in [-0.2, 0) is 16.1 Å². The summed E-state index contributed by atoms with van der Waals surface area (Å²) < 4.78 is 5.08. The smallest absolute Gasteiger partial charge is 0.338 e. The van der Waals surface area contributed by atoms with Crippen LogP contribution in [0, 0.1) is 0 Å². The molecule has 1 aromatic carbocycles. The molecule has 0 aromatic heterocycles. The summed E-state index contributed by atoms with van der Waals surface area (Å²) in [5.74, 6) is -0.639. The van der Waals surface area contributed by atoms with Crippen molar-refractivity contribution in [2.75, 3.05) is 6.54 Å². The molecule has 3 amide bonds. The summed E-state index contributed by atoms with van der Waals surface area (Å²) in [6, 6.07) is 6.26. The molecular weight excluding hydrogens is 260 g/mol. The second-order valence-corrected chi connectivity index (χ2v) is 4.79. The highest BCUT2D eigenvalue weighted by Crippen LogP contribution is 2.11. The van der Waals surface area contributed by atoms with Gasteiger partial charge in [-0.15, -0.1) is 0 Å². The topological polar surface area (TPSA) is 75.7 Å². The first kappa shape index (κ1) is 14.0. The second kappa shape index (κ2) is 5.73. The fraction of sp³-hybridized carbons (Fsp3) is 0.357. The molecule has 0 bridgehead atoms. The maximum absolute atomic E-state index is 11.7. The van der Waals surface area contributed by atoms with Crippen molar-refractivity contribution in [2.45, 2.75) is 26.5 Å². The molecule has 0 aliphatic carbocycles. The number of esters is 1. The number of urea groups is 1. The molecule has 0 saturated carbocycles. The van der Waals surface area contributed by atoms with E-state index in [1.54, 1.807) is 38.1 Å². The second-order valence-electron chi connectivity index (χ2n) is 4.79. The van der Waals surface area contributed by atoms with Crippen LogP contribution in [0.3, 0.4) is 0 Å². The quantitative estimate of drug-likeness (QED) is 0.664. The van der Waals surface area contributed by atoms with Gasteiger partial charge in [-0.1, -0.05) is 12.1 Å². The van der Waals surface area contributed by atoms with Crippen molar-refractivity contribution in [3.8, 4) is 0 Å². The monoisotopic (exact) mass is 276 g/mol. The molecule has 1 aliphatic heterocycles. The Kier molecular flexibility index (Phi) is 4.02. The molecule has 6 nitrogen and oxygen atoms in total. The van der Waals surface area contributed by atoms with Gasteiger partial charge < -0.3 is 10.1 Å². The van der Waals surface area contributed by atoms with Gasteiger partial charge in [-0.25, -0.2) is 9.59 Å². The number of hydrogen-bond donors (Lipinski definition) is 1. The van der Waals surface area contributed by atoms with Crippen LogP contribution in [0.1, 0.15) is 29.8 Å². The standard InChI is InChI=1S/C14H16N2O4/c1-9(2)20-13(18)11-5-3-10(4-6-11)8-16-12(17)7-15-14(16)19/h3-6,9H,7-8H2,1-2H3,(H,15,19). The van der Waals surface area contributed by atoms with Gasteiger partial charge in [0, 0.05) is 0 Å². The Bertz CT molecular complexity index is 521. The number of carbonyl (C=O) groups is 3. The van der Waals surface area contributed by atoms with E-state index in [0.29, 0.717) is 5.56 Å². The maximum atomic E-state index is 11.7. The van der Waals surface area contributed by atoms with Crippen molar-refractivity contribution in [3.05, 3.63) is 35.4 Å². The fourth-order valence-corrected chi connectivity index (χ4v) is 1.83. The number of nitrogens with zero attached hydrogens (tertiary/aromatic N) is 1. The van der Waals surface area contributed by atoms with Gasteiger partial charge in [-0.2, -0.15) is 0 Å². The summed E-state index contributed by atoms with van der Waals surface area (Å²) in [5.41, 5.74) is 1.22. The van der Waals surface area contributed by atoms with E-state index in [4.69, 9.17) is 4.74 Å². The normalized spacial score (nSPS) is 14.7. The van der Waals surface area contributed by atoms with Gasteiger partial charge in [0.1, 0.15) is 0 Å². The summed E-state index contributed by atoms with van der Waals surface area (Å²) in [4.78, 5) is 35.7. The van der Waals surface area contributed by atoms with Crippen LogP contribution in [0.2, 0.25) is 0 Å². The molecule has 1 aliphatic rings. The minimum atomic E-state index is -0.390. The third-order valence-corrected chi connectivity index (χ3v) is 2.81. The lowest BCUT2D eigenvalue weighted by Gasteiger charge is -2.13. The van der Waals surface area contributed by atoms with Gasteiger partial charge in [0.05, 0.1) is 24.8 Å². The van der Waals surface area contributed by atoms with Crippen molar-refractivity contribution in [2.24, 2.45) is 0 Å². The van der Waals surface area contributed by atoms with E-state index >= 15 is 0 Å². The molecule has 1 aromatic rings. The van der Waals surface area contributed by atoms with E-state index in [1.165, 1.54) is 0 Å². The number of nitrogens with one attached hydrogen (secondary N) is 1. The number of amides is 3. The highest BCUT2D eigenvalue weighted by molar-refractivity contribution is 6.01. The lowest BCUT2D eigenvalue weighted by atomic mass is 10.1. The molecule has 20 heavy (non-hydrogen) atoms. The predicted molar refractivity (Wildman–Crippen MR) is 70.9 cm³/mol. The van der Waals surface area contributed by atoms with Gasteiger partial charge in [0.2, 0.25) is 5.91 Å². The Hall–Kier alpha value is -2.37. The summed E-state index contributed by atoms with van der Waals surface area (Å²) in [6.45, 7) is 3.80. The SMILES string of the molecule is CC(C)OC(=O)c1ccc(CN2C(=O)CNC2=O)cc1. The highest BCUT2D eigenvalue weighted by Gasteiger charge is 2.28. The van der Waals surface area contributed by atoms with Crippen molar-refractivity contribution >= 4 is 17.9 Å². The van der Waals surface area contributed by atoms with E-state index in [0.717, 1.165) is 10.5 Å². The van der Waals surface area contributed by atoms with E-state index < -0.39 is 6.03 Å². The zero-order valence-electron chi connectivity index (χ0n) is 11.4.